The molecule has 4 heteroatoms. The van der Waals surface area contributed by atoms with Crippen molar-refractivity contribution in [1.82, 2.24) is 15.5 Å². The average Bonchev–Trinajstić information content (AvgIpc) is 2.59. The van der Waals surface area contributed by atoms with Crippen LogP contribution in [0.3, 0.4) is 0 Å². The predicted octanol–water partition coefficient (Wildman–Crippen LogP) is 1.81. The highest BCUT2D eigenvalue weighted by molar-refractivity contribution is 4.83. The summed E-state index contributed by atoms with van der Waals surface area (Å²) in [6, 6.07) is 0. The van der Waals surface area contributed by atoms with Crippen molar-refractivity contribution in [1.29, 1.82) is 0 Å². The lowest BCUT2D eigenvalue weighted by Gasteiger charge is -1.99. The van der Waals surface area contributed by atoms with Crippen LogP contribution in [0, 0.1) is 5.92 Å². The molecule has 15 heavy (non-hydrogen) atoms. The van der Waals surface area contributed by atoms with Crippen molar-refractivity contribution in [2.45, 2.75) is 40.0 Å². The van der Waals surface area contributed by atoms with Crippen molar-refractivity contribution in [2.24, 2.45) is 5.92 Å². The van der Waals surface area contributed by atoms with Gasteiger partial charge in [0.1, 0.15) is 0 Å². The van der Waals surface area contributed by atoms with Gasteiger partial charge >= 0.3 is 0 Å². The molecule has 0 aliphatic carbocycles. The van der Waals surface area contributed by atoms with Crippen molar-refractivity contribution in [3.05, 3.63) is 11.8 Å². The summed E-state index contributed by atoms with van der Waals surface area (Å²) in [5.74, 6) is 2.07. The van der Waals surface area contributed by atoms with E-state index in [1.54, 1.807) is 0 Å². The smallest absolute Gasteiger partial charge is 0.217 e. The van der Waals surface area contributed by atoms with Crippen LogP contribution in [0.15, 0.2) is 4.42 Å². The van der Waals surface area contributed by atoms with E-state index in [2.05, 4.69) is 36.3 Å². The second kappa shape index (κ2) is 6.56. The van der Waals surface area contributed by atoms with E-state index >= 15 is 0 Å². The fourth-order valence-corrected chi connectivity index (χ4v) is 1.32. The van der Waals surface area contributed by atoms with Crippen LogP contribution in [0.25, 0.3) is 0 Å². The van der Waals surface area contributed by atoms with E-state index in [-0.39, 0.29) is 0 Å². The van der Waals surface area contributed by atoms with Crippen LogP contribution in [-0.4, -0.2) is 23.3 Å². The number of nitrogens with zero attached hydrogens (tertiary/aromatic N) is 2. The molecule has 1 aromatic rings. The first-order valence-corrected chi connectivity index (χ1v) is 5.74. The first-order chi connectivity index (χ1) is 7.22. The summed E-state index contributed by atoms with van der Waals surface area (Å²) in [6.07, 6.45) is 2.85. The van der Waals surface area contributed by atoms with E-state index in [4.69, 9.17) is 4.42 Å². The van der Waals surface area contributed by atoms with Crippen LogP contribution in [-0.2, 0) is 12.8 Å². The molecule has 0 radical (unpaired) electrons. The lowest BCUT2D eigenvalue weighted by Crippen LogP contribution is -2.17. The molecule has 1 rings (SSSR count). The summed E-state index contributed by atoms with van der Waals surface area (Å²) in [7, 11) is 0. The van der Waals surface area contributed by atoms with Gasteiger partial charge in [-0.05, 0) is 18.9 Å². The molecule has 0 fully saturated rings. The molecule has 0 aliphatic rings. The molecule has 0 bridgehead atoms. The lowest BCUT2D eigenvalue weighted by molar-refractivity contribution is 0.421. The van der Waals surface area contributed by atoms with Crippen LogP contribution in [0.5, 0.6) is 0 Å². The van der Waals surface area contributed by atoms with Crippen LogP contribution in [0.2, 0.25) is 0 Å². The largest absolute Gasteiger partial charge is 0.425 e. The standard InChI is InChI=1S/C11H21N3O/c1-4-6-12-7-5-10-13-14-11(15-10)8-9(2)3/h9,12H,4-8H2,1-3H3. The van der Waals surface area contributed by atoms with Gasteiger partial charge in [0.05, 0.1) is 0 Å². The fraction of sp³-hybridized carbons (Fsp3) is 0.818. The molecular weight excluding hydrogens is 190 g/mol. The number of rotatable bonds is 7. The van der Waals surface area contributed by atoms with Crippen molar-refractivity contribution in [3.63, 3.8) is 0 Å². The molecule has 0 saturated heterocycles. The van der Waals surface area contributed by atoms with Gasteiger partial charge in [0.25, 0.3) is 0 Å². The third kappa shape index (κ3) is 4.93. The molecule has 1 aromatic heterocycles. The zero-order chi connectivity index (χ0) is 11.1. The van der Waals surface area contributed by atoms with Gasteiger partial charge in [-0.2, -0.15) is 0 Å². The Balaban J connectivity index is 2.26. The van der Waals surface area contributed by atoms with Crippen LogP contribution < -0.4 is 5.32 Å². The summed E-state index contributed by atoms with van der Waals surface area (Å²) in [4.78, 5) is 0. The second-order valence-electron chi connectivity index (χ2n) is 4.19. The van der Waals surface area contributed by atoms with Crippen LogP contribution in [0.4, 0.5) is 0 Å². The van der Waals surface area contributed by atoms with Crippen molar-refractivity contribution >= 4 is 0 Å². The maximum atomic E-state index is 5.51. The molecule has 0 saturated carbocycles. The Kier molecular flexibility index (Phi) is 5.32. The number of hydrogen-bond acceptors (Lipinski definition) is 4. The highest BCUT2D eigenvalue weighted by Gasteiger charge is 2.07. The molecule has 1 N–H and O–H groups in total. The molecule has 1 heterocycles. The van der Waals surface area contributed by atoms with Crippen molar-refractivity contribution in [2.75, 3.05) is 13.1 Å². The summed E-state index contributed by atoms with van der Waals surface area (Å²) >= 11 is 0. The lowest BCUT2D eigenvalue weighted by atomic mass is 10.1. The van der Waals surface area contributed by atoms with Gasteiger partial charge in [-0.3, -0.25) is 0 Å². The molecule has 86 valence electrons. The predicted molar refractivity (Wildman–Crippen MR) is 59.7 cm³/mol. The van der Waals surface area contributed by atoms with Crippen LogP contribution >= 0.6 is 0 Å². The second-order valence-corrected chi connectivity index (χ2v) is 4.19. The Morgan fingerprint density at radius 1 is 1.20 bits per heavy atom. The third-order valence-electron chi connectivity index (χ3n) is 2.03. The average molecular weight is 211 g/mol. The van der Waals surface area contributed by atoms with E-state index in [0.29, 0.717) is 5.92 Å². The summed E-state index contributed by atoms with van der Waals surface area (Å²) in [6.45, 7) is 8.41. The maximum absolute atomic E-state index is 5.51. The Morgan fingerprint density at radius 3 is 2.60 bits per heavy atom. The molecule has 0 unspecified atom stereocenters. The Morgan fingerprint density at radius 2 is 1.93 bits per heavy atom. The summed E-state index contributed by atoms with van der Waals surface area (Å²) in [5, 5.41) is 11.3. The van der Waals surface area contributed by atoms with Crippen molar-refractivity contribution in [3.8, 4) is 0 Å². The molecule has 4 nitrogen and oxygen atoms in total. The monoisotopic (exact) mass is 211 g/mol. The topological polar surface area (TPSA) is 51.0 Å². The zero-order valence-corrected chi connectivity index (χ0v) is 9.92. The van der Waals surface area contributed by atoms with E-state index < -0.39 is 0 Å². The SMILES string of the molecule is CCCNCCc1nnc(CC(C)C)o1. The third-order valence-corrected chi connectivity index (χ3v) is 2.03. The summed E-state index contributed by atoms with van der Waals surface area (Å²) < 4.78 is 5.51. The summed E-state index contributed by atoms with van der Waals surface area (Å²) in [5.41, 5.74) is 0. The van der Waals surface area contributed by atoms with Gasteiger partial charge in [-0.25, -0.2) is 0 Å². The molecule has 0 spiro atoms. The van der Waals surface area contributed by atoms with E-state index in [1.165, 1.54) is 0 Å². The minimum Gasteiger partial charge on any atom is -0.425 e. The van der Waals surface area contributed by atoms with E-state index in [1.807, 2.05) is 0 Å². The van der Waals surface area contributed by atoms with E-state index in [0.717, 1.165) is 44.1 Å². The normalized spacial score (nSPS) is 11.2. The zero-order valence-electron chi connectivity index (χ0n) is 9.92. The fourth-order valence-electron chi connectivity index (χ4n) is 1.32. The first kappa shape index (κ1) is 12.2. The number of hydrogen-bond donors (Lipinski definition) is 1. The molecule has 0 aliphatic heterocycles. The number of aromatic nitrogens is 2. The molecule has 0 amide bonds. The molecular formula is C11H21N3O. The Labute approximate surface area is 91.5 Å². The van der Waals surface area contributed by atoms with Gasteiger partial charge in [-0.15, -0.1) is 10.2 Å². The van der Waals surface area contributed by atoms with Gasteiger partial charge < -0.3 is 9.73 Å². The van der Waals surface area contributed by atoms with E-state index in [9.17, 15) is 0 Å². The highest BCUT2D eigenvalue weighted by Crippen LogP contribution is 2.06. The van der Waals surface area contributed by atoms with Crippen molar-refractivity contribution < 1.29 is 4.42 Å². The van der Waals surface area contributed by atoms with Gasteiger partial charge in [0.15, 0.2) is 0 Å². The van der Waals surface area contributed by atoms with Crippen LogP contribution in [0.1, 0.15) is 39.0 Å². The first-order valence-electron chi connectivity index (χ1n) is 5.74. The Bertz CT molecular complexity index is 271. The minimum atomic E-state index is 0.566. The highest BCUT2D eigenvalue weighted by atomic mass is 16.4. The number of nitrogens with one attached hydrogen (secondary N) is 1. The Hall–Kier alpha value is -0.900. The molecule has 0 atom stereocenters. The minimum absolute atomic E-state index is 0.566. The molecule has 0 aromatic carbocycles. The quantitative estimate of drug-likeness (QED) is 0.699. The van der Waals surface area contributed by atoms with Gasteiger partial charge in [0.2, 0.25) is 11.8 Å². The maximum Gasteiger partial charge on any atom is 0.217 e. The van der Waals surface area contributed by atoms with Gasteiger partial charge in [-0.1, -0.05) is 20.8 Å². The van der Waals surface area contributed by atoms with Gasteiger partial charge in [0, 0.05) is 19.4 Å².